The molecule has 0 bridgehead atoms. The Kier molecular flexibility index (Phi) is 7.02. The van der Waals surface area contributed by atoms with Crippen LogP contribution in [0.4, 0.5) is 0 Å². The molecule has 4 heterocycles. The van der Waals surface area contributed by atoms with Gasteiger partial charge in [-0.25, -0.2) is 0 Å². The Bertz CT molecular complexity index is 902. The molecular formula is C24H36N4O2S. The number of rotatable bonds is 6. The minimum Gasteiger partial charge on any atom is -0.356 e. The van der Waals surface area contributed by atoms with Crippen molar-refractivity contribution < 1.29 is 9.59 Å². The number of carbonyl (C=O) groups excluding carboxylic acids is 2. The number of thiophene rings is 1. The van der Waals surface area contributed by atoms with E-state index in [4.69, 9.17) is 0 Å². The van der Waals surface area contributed by atoms with Crippen molar-refractivity contribution in [3.8, 4) is 0 Å². The molecule has 2 aliphatic heterocycles. The zero-order valence-electron chi connectivity index (χ0n) is 19.1. The predicted molar refractivity (Wildman–Crippen MR) is 127 cm³/mol. The van der Waals surface area contributed by atoms with Crippen molar-refractivity contribution in [1.82, 2.24) is 19.7 Å². The number of aromatic nitrogens is 1. The number of nitrogens with one attached hydrogen (secondary N) is 1. The molecule has 6 nitrogen and oxygen atoms in total. The normalized spacial score (nSPS) is 23.4. The van der Waals surface area contributed by atoms with Crippen LogP contribution in [0.2, 0.25) is 0 Å². The van der Waals surface area contributed by atoms with E-state index in [9.17, 15) is 9.59 Å². The maximum atomic E-state index is 13.0. The summed E-state index contributed by atoms with van der Waals surface area (Å²) in [6.07, 6.45) is 6.40. The van der Waals surface area contributed by atoms with E-state index in [0.29, 0.717) is 25.2 Å². The maximum absolute atomic E-state index is 13.0. The molecule has 2 fully saturated rings. The summed E-state index contributed by atoms with van der Waals surface area (Å²) >= 11 is 1.66. The molecule has 0 saturated carbocycles. The topological polar surface area (TPSA) is 57.6 Å². The van der Waals surface area contributed by atoms with Crippen LogP contribution < -0.4 is 5.32 Å². The SMILES string of the molecule is C[C@@H]1CCC[C@H](C)N1CCCNC(=O)C1CCN(C(=O)c2cc3sccc3n2C)CC1. The smallest absolute Gasteiger partial charge is 0.270 e. The first-order valence-corrected chi connectivity index (χ1v) is 12.7. The molecule has 2 amide bonds. The van der Waals surface area contributed by atoms with Gasteiger partial charge in [0.1, 0.15) is 5.69 Å². The second kappa shape index (κ2) is 9.74. The van der Waals surface area contributed by atoms with E-state index in [1.807, 2.05) is 22.6 Å². The molecule has 4 rings (SSSR count). The van der Waals surface area contributed by atoms with Crippen LogP contribution >= 0.6 is 11.3 Å². The number of fused-ring (bicyclic) bond motifs is 1. The second-order valence-electron chi connectivity index (χ2n) is 9.34. The predicted octanol–water partition coefficient (Wildman–Crippen LogP) is 3.86. The Morgan fingerprint density at radius 1 is 1.13 bits per heavy atom. The van der Waals surface area contributed by atoms with Gasteiger partial charge in [-0.2, -0.15) is 0 Å². The Morgan fingerprint density at radius 3 is 2.52 bits per heavy atom. The molecule has 2 aliphatic rings. The third-order valence-electron chi connectivity index (χ3n) is 7.30. The van der Waals surface area contributed by atoms with Gasteiger partial charge in [-0.1, -0.05) is 6.42 Å². The molecular weight excluding hydrogens is 408 g/mol. The first-order valence-electron chi connectivity index (χ1n) is 11.8. The average Bonchev–Trinajstić information content (AvgIpc) is 3.35. The van der Waals surface area contributed by atoms with Crippen LogP contribution in [-0.4, -0.2) is 64.4 Å². The number of hydrogen-bond donors (Lipinski definition) is 1. The van der Waals surface area contributed by atoms with E-state index in [2.05, 4.69) is 35.5 Å². The number of aryl methyl sites for hydroxylation is 1. The lowest BCUT2D eigenvalue weighted by Gasteiger charge is -2.39. The summed E-state index contributed by atoms with van der Waals surface area (Å²) in [7, 11) is 1.95. The number of likely N-dealkylation sites (tertiary alicyclic amines) is 2. The van der Waals surface area contributed by atoms with Gasteiger partial charge in [-0.05, 0) is 63.5 Å². The van der Waals surface area contributed by atoms with Gasteiger partial charge in [-0.3, -0.25) is 14.5 Å². The molecule has 2 aromatic heterocycles. The standard InChI is InChI=1S/C24H36N4O2S/c1-17-6-4-7-18(2)28(17)12-5-11-25-23(29)19-8-13-27(14-9-19)24(30)21-16-22-20(26(21)3)10-15-31-22/h10,15-19H,4-9,11-14H2,1-3H3,(H,25,29)/t17-,18+. The fourth-order valence-corrected chi connectivity index (χ4v) is 6.14. The van der Waals surface area contributed by atoms with E-state index in [1.54, 1.807) is 11.3 Å². The zero-order chi connectivity index (χ0) is 22.0. The number of nitrogens with zero attached hydrogens (tertiary/aromatic N) is 3. The molecule has 0 spiro atoms. The van der Waals surface area contributed by atoms with Gasteiger partial charge in [-0.15, -0.1) is 11.3 Å². The van der Waals surface area contributed by atoms with Gasteiger partial charge in [0.2, 0.25) is 5.91 Å². The molecule has 1 N–H and O–H groups in total. The van der Waals surface area contributed by atoms with Crippen LogP contribution in [0, 0.1) is 5.92 Å². The maximum Gasteiger partial charge on any atom is 0.270 e. The lowest BCUT2D eigenvalue weighted by atomic mass is 9.95. The van der Waals surface area contributed by atoms with E-state index in [1.165, 1.54) is 19.3 Å². The molecule has 0 aliphatic carbocycles. The lowest BCUT2D eigenvalue weighted by molar-refractivity contribution is -0.126. The Hall–Kier alpha value is -1.86. The summed E-state index contributed by atoms with van der Waals surface area (Å²) in [6, 6.07) is 5.35. The molecule has 0 aromatic carbocycles. The summed E-state index contributed by atoms with van der Waals surface area (Å²) in [5.41, 5.74) is 1.85. The van der Waals surface area contributed by atoms with Crippen molar-refractivity contribution >= 4 is 33.4 Å². The monoisotopic (exact) mass is 444 g/mol. The van der Waals surface area contributed by atoms with Crippen molar-refractivity contribution in [3.63, 3.8) is 0 Å². The van der Waals surface area contributed by atoms with Gasteiger partial charge in [0.25, 0.3) is 5.91 Å². The van der Waals surface area contributed by atoms with Gasteiger partial charge in [0.05, 0.1) is 10.2 Å². The number of piperidine rings is 2. The van der Waals surface area contributed by atoms with Crippen molar-refractivity contribution in [1.29, 1.82) is 0 Å². The number of hydrogen-bond acceptors (Lipinski definition) is 4. The summed E-state index contributed by atoms with van der Waals surface area (Å²) in [5, 5.41) is 5.20. The number of amides is 2. The molecule has 31 heavy (non-hydrogen) atoms. The van der Waals surface area contributed by atoms with Crippen molar-refractivity contribution in [3.05, 3.63) is 23.2 Å². The van der Waals surface area contributed by atoms with Crippen LogP contribution in [0.25, 0.3) is 10.2 Å². The van der Waals surface area contributed by atoms with E-state index < -0.39 is 0 Å². The summed E-state index contributed by atoms with van der Waals surface area (Å²) in [4.78, 5) is 30.1. The highest BCUT2D eigenvalue weighted by molar-refractivity contribution is 7.17. The first-order chi connectivity index (χ1) is 15.0. The van der Waals surface area contributed by atoms with Crippen LogP contribution in [0.3, 0.4) is 0 Å². The third-order valence-corrected chi connectivity index (χ3v) is 8.16. The highest BCUT2D eigenvalue weighted by atomic mass is 32.1. The zero-order valence-corrected chi connectivity index (χ0v) is 19.9. The van der Waals surface area contributed by atoms with Gasteiger partial charge in [0, 0.05) is 51.2 Å². The van der Waals surface area contributed by atoms with Crippen LogP contribution in [0.5, 0.6) is 0 Å². The second-order valence-corrected chi connectivity index (χ2v) is 10.3. The summed E-state index contributed by atoms with van der Waals surface area (Å²) in [5.74, 6) is 0.259. The molecule has 2 aromatic rings. The van der Waals surface area contributed by atoms with E-state index >= 15 is 0 Å². The Balaban J connectivity index is 1.20. The van der Waals surface area contributed by atoms with Crippen LogP contribution in [-0.2, 0) is 11.8 Å². The molecule has 0 radical (unpaired) electrons. The van der Waals surface area contributed by atoms with Crippen molar-refractivity contribution in [2.24, 2.45) is 13.0 Å². The van der Waals surface area contributed by atoms with Crippen LogP contribution in [0.1, 0.15) is 62.9 Å². The highest BCUT2D eigenvalue weighted by Gasteiger charge is 2.29. The molecule has 2 saturated heterocycles. The van der Waals surface area contributed by atoms with Crippen LogP contribution in [0.15, 0.2) is 17.5 Å². The fraction of sp³-hybridized carbons (Fsp3) is 0.667. The Morgan fingerprint density at radius 2 is 1.84 bits per heavy atom. The highest BCUT2D eigenvalue weighted by Crippen LogP contribution is 2.26. The molecule has 170 valence electrons. The van der Waals surface area contributed by atoms with Gasteiger partial charge in [0.15, 0.2) is 0 Å². The first kappa shape index (κ1) is 22.3. The van der Waals surface area contributed by atoms with Crippen molar-refractivity contribution in [2.75, 3.05) is 26.2 Å². The molecule has 7 heteroatoms. The lowest BCUT2D eigenvalue weighted by Crippen LogP contribution is -2.45. The number of carbonyl (C=O) groups is 2. The largest absolute Gasteiger partial charge is 0.356 e. The summed E-state index contributed by atoms with van der Waals surface area (Å²) < 4.78 is 3.13. The average molecular weight is 445 g/mol. The Labute approximate surface area is 189 Å². The van der Waals surface area contributed by atoms with Gasteiger partial charge < -0.3 is 14.8 Å². The fourth-order valence-electron chi connectivity index (χ4n) is 5.30. The third kappa shape index (κ3) is 4.82. The molecule has 2 atom stereocenters. The molecule has 0 unspecified atom stereocenters. The van der Waals surface area contributed by atoms with Crippen molar-refractivity contribution in [2.45, 2.75) is 64.5 Å². The van der Waals surface area contributed by atoms with E-state index in [-0.39, 0.29) is 17.7 Å². The van der Waals surface area contributed by atoms with Gasteiger partial charge >= 0.3 is 0 Å². The minimum absolute atomic E-state index is 0.0220. The van der Waals surface area contributed by atoms with E-state index in [0.717, 1.165) is 48.3 Å². The minimum atomic E-state index is 0.0220. The quantitative estimate of drug-likeness (QED) is 0.689. The summed E-state index contributed by atoms with van der Waals surface area (Å²) in [6.45, 7) is 7.75.